The van der Waals surface area contributed by atoms with E-state index in [2.05, 4.69) is 17.4 Å². The molecule has 4 heteroatoms. The number of amides is 1. The fourth-order valence-corrected chi connectivity index (χ4v) is 2.18. The number of carbonyl (C=O) groups excluding carboxylic acids is 1. The summed E-state index contributed by atoms with van der Waals surface area (Å²) in [7, 11) is 0. The molecule has 1 amide bonds. The van der Waals surface area contributed by atoms with E-state index in [0.29, 0.717) is 13.1 Å². The van der Waals surface area contributed by atoms with Gasteiger partial charge in [-0.3, -0.25) is 4.79 Å². The molecular weight excluding hydrogens is 214 g/mol. The Hall–Kier alpha value is -1.39. The third kappa shape index (κ3) is 3.05. The average molecular weight is 233 g/mol. The summed E-state index contributed by atoms with van der Waals surface area (Å²) in [6.07, 6.45) is 0.751. The van der Waals surface area contributed by atoms with Crippen LogP contribution in [0, 0.1) is 0 Å². The minimum absolute atomic E-state index is 0.0994. The Balaban J connectivity index is 1.98. The van der Waals surface area contributed by atoms with Crippen LogP contribution in [-0.2, 0) is 11.2 Å². The van der Waals surface area contributed by atoms with Crippen LogP contribution in [0.15, 0.2) is 30.3 Å². The Bertz CT molecular complexity index is 364. The summed E-state index contributed by atoms with van der Waals surface area (Å²) >= 11 is 0. The molecule has 1 aromatic rings. The molecule has 1 fully saturated rings. The van der Waals surface area contributed by atoms with E-state index in [1.54, 1.807) is 0 Å². The van der Waals surface area contributed by atoms with Gasteiger partial charge in [-0.15, -0.1) is 0 Å². The van der Waals surface area contributed by atoms with Crippen LogP contribution in [0.4, 0.5) is 0 Å². The van der Waals surface area contributed by atoms with Gasteiger partial charge in [0.15, 0.2) is 0 Å². The SMILES string of the molecule is NCCN1CCN[C@@H](Cc2ccccc2)C1=O. The van der Waals surface area contributed by atoms with Gasteiger partial charge in [0.05, 0.1) is 6.04 Å². The van der Waals surface area contributed by atoms with Crippen LogP contribution in [0.2, 0.25) is 0 Å². The predicted molar refractivity (Wildman–Crippen MR) is 67.6 cm³/mol. The zero-order valence-electron chi connectivity index (χ0n) is 9.93. The molecule has 0 unspecified atom stereocenters. The van der Waals surface area contributed by atoms with Crippen molar-refractivity contribution in [2.75, 3.05) is 26.2 Å². The summed E-state index contributed by atoms with van der Waals surface area (Å²) in [5, 5.41) is 3.27. The summed E-state index contributed by atoms with van der Waals surface area (Å²) in [5.74, 6) is 0.172. The maximum Gasteiger partial charge on any atom is 0.240 e. The first-order valence-electron chi connectivity index (χ1n) is 6.07. The van der Waals surface area contributed by atoms with Crippen LogP contribution < -0.4 is 11.1 Å². The standard InChI is InChI=1S/C13H19N3O/c14-6-8-16-9-7-15-12(13(16)17)10-11-4-2-1-3-5-11/h1-5,12,15H,6-10,14H2/t12-/m0/s1. The number of benzene rings is 1. The molecule has 0 bridgehead atoms. The Morgan fingerprint density at radius 3 is 2.82 bits per heavy atom. The quantitative estimate of drug-likeness (QED) is 0.769. The molecule has 1 heterocycles. The molecule has 0 aliphatic carbocycles. The first kappa shape index (κ1) is 12.1. The lowest BCUT2D eigenvalue weighted by atomic mass is 10.0. The highest BCUT2D eigenvalue weighted by Crippen LogP contribution is 2.08. The van der Waals surface area contributed by atoms with Crippen molar-refractivity contribution in [3.63, 3.8) is 0 Å². The van der Waals surface area contributed by atoms with Crippen LogP contribution in [0.25, 0.3) is 0 Å². The maximum atomic E-state index is 12.1. The van der Waals surface area contributed by atoms with Crippen molar-refractivity contribution in [1.29, 1.82) is 0 Å². The van der Waals surface area contributed by atoms with Gasteiger partial charge < -0.3 is 16.0 Å². The van der Waals surface area contributed by atoms with Gasteiger partial charge in [0.2, 0.25) is 5.91 Å². The lowest BCUT2D eigenvalue weighted by Crippen LogP contribution is -2.56. The number of rotatable bonds is 4. The first-order chi connectivity index (χ1) is 8.31. The lowest BCUT2D eigenvalue weighted by Gasteiger charge is -2.33. The summed E-state index contributed by atoms with van der Waals surface area (Å²) in [4.78, 5) is 14.0. The third-order valence-electron chi connectivity index (χ3n) is 3.06. The van der Waals surface area contributed by atoms with Crippen LogP contribution in [0.1, 0.15) is 5.56 Å². The summed E-state index contributed by atoms with van der Waals surface area (Å²) in [6, 6.07) is 9.99. The molecule has 1 saturated heterocycles. The van der Waals surface area contributed by atoms with Crippen molar-refractivity contribution in [2.24, 2.45) is 5.73 Å². The highest BCUT2D eigenvalue weighted by Gasteiger charge is 2.27. The highest BCUT2D eigenvalue weighted by molar-refractivity contribution is 5.83. The number of nitrogens with zero attached hydrogens (tertiary/aromatic N) is 1. The van der Waals surface area contributed by atoms with E-state index < -0.39 is 0 Å². The molecule has 17 heavy (non-hydrogen) atoms. The van der Waals surface area contributed by atoms with Crippen molar-refractivity contribution in [3.8, 4) is 0 Å². The second-order valence-electron chi connectivity index (χ2n) is 4.31. The van der Waals surface area contributed by atoms with Crippen molar-refractivity contribution in [2.45, 2.75) is 12.5 Å². The third-order valence-corrected chi connectivity index (χ3v) is 3.06. The van der Waals surface area contributed by atoms with E-state index in [9.17, 15) is 4.79 Å². The number of nitrogens with two attached hydrogens (primary N) is 1. The molecule has 1 aliphatic heterocycles. The highest BCUT2D eigenvalue weighted by atomic mass is 16.2. The molecule has 4 nitrogen and oxygen atoms in total. The summed E-state index contributed by atoms with van der Waals surface area (Å²) in [6.45, 7) is 2.81. The van der Waals surface area contributed by atoms with Gasteiger partial charge in [0, 0.05) is 26.2 Å². The van der Waals surface area contributed by atoms with Gasteiger partial charge >= 0.3 is 0 Å². The Morgan fingerprint density at radius 2 is 2.12 bits per heavy atom. The van der Waals surface area contributed by atoms with E-state index in [1.807, 2.05) is 23.1 Å². The molecule has 0 spiro atoms. The van der Waals surface area contributed by atoms with Crippen molar-refractivity contribution in [3.05, 3.63) is 35.9 Å². The lowest BCUT2D eigenvalue weighted by molar-refractivity contribution is -0.135. The van der Waals surface area contributed by atoms with Gasteiger partial charge in [-0.1, -0.05) is 30.3 Å². The second kappa shape index (κ2) is 5.80. The number of hydrogen-bond donors (Lipinski definition) is 2. The predicted octanol–water partition coefficient (Wildman–Crippen LogP) is -0.0118. The zero-order chi connectivity index (χ0) is 12.1. The molecule has 2 rings (SSSR count). The number of piperazine rings is 1. The molecule has 92 valence electrons. The van der Waals surface area contributed by atoms with Crippen molar-refractivity contribution >= 4 is 5.91 Å². The minimum atomic E-state index is -0.0994. The Morgan fingerprint density at radius 1 is 1.35 bits per heavy atom. The zero-order valence-corrected chi connectivity index (χ0v) is 9.93. The van der Waals surface area contributed by atoms with Gasteiger partial charge in [0.1, 0.15) is 0 Å². The van der Waals surface area contributed by atoms with Crippen molar-refractivity contribution < 1.29 is 4.79 Å². The molecular formula is C13H19N3O. The van der Waals surface area contributed by atoms with Gasteiger partial charge in [0.25, 0.3) is 0 Å². The van der Waals surface area contributed by atoms with Crippen LogP contribution in [0.3, 0.4) is 0 Å². The van der Waals surface area contributed by atoms with E-state index in [4.69, 9.17) is 5.73 Å². The largest absolute Gasteiger partial charge is 0.339 e. The Labute approximate surface area is 102 Å². The van der Waals surface area contributed by atoms with Gasteiger partial charge in [-0.25, -0.2) is 0 Å². The fourth-order valence-electron chi connectivity index (χ4n) is 2.18. The van der Waals surface area contributed by atoms with Crippen molar-refractivity contribution in [1.82, 2.24) is 10.2 Å². The molecule has 3 N–H and O–H groups in total. The van der Waals surface area contributed by atoms with Gasteiger partial charge in [-0.05, 0) is 12.0 Å². The second-order valence-corrected chi connectivity index (χ2v) is 4.31. The minimum Gasteiger partial charge on any atom is -0.339 e. The number of carbonyl (C=O) groups is 1. The Kier molecular flexibility index (Phi) is 4.12. The molecule has 0 radical (unpaired) electrons. The summed E-state index contributed by atoms with van der Waals surface area (Å²) < 4.78 is 0. The summed E-state index contributed by atoms with van der Waals surface area (Å²) in [5.41, 5.74) is 6.69. The smallest absolute Gasteiger partial charge is 0.240 e. The normalized spacial score (nSPS) is 20.6. The van der Waals surface area contributed by atoms with E-state index in [1.165, 1.54) is 5.56 Å². The number of hydrogen-bond acceptors (Lipinski definition) is 3. The average Bonchev–Trinajstić information content (AvgIpc) is 2.36. The van der Waals surface area contributed by atoms with Gasteiger partial charge in [-0.2, -0.15) is 0 Å². The van der Waals surface area contributed by atoms with E-state index in [0.717, 1.165) is 19.5 Å². The monoisotopic (exact) mass is 233 g/mol. The topological polar surface area (TPSA) is 58.4 Å². The molecule has 1 aromatic carbocycles. The van der Waals surface area contributed by atoms with E-state index in [-0.39, 0.29) is 11.9 Å². The van der Waals surface area contributed by atoms with Crippen LogP contribution in [-0.4, -0.2) is 43.0 Å². The molecule has 0 saturated carbocycles. The van der Waals surface area contributed by atoms with Crippen LogP contribution in [0.5, 0.6) is 0 Å². The molecule has 1 atom stereocenters. The molecule has 1 aliphatic rings. The first-order valence-corrected chi connectivity index (χ1v) is 6.07. The van der Waals surface area contributed by atoms with E-state index >= 15 is 0 Å². The maximum absolute atomic E-state index is 12.1. The number of nitrogens with one attached hydrogen (secondary N) is 1. The molecule has 0 aromatic heterocycles. The fraction of sp³-hybridized carbons (Fsp3) is 0.462. The van der Waals surface area contributed by atoms with Crippen LogP contribution >= 0.6 is 0 Å².